The topological polar surface area (TPSA) is 12.5 Å². The Hall–Kier alpha value is -1.28. The minimum atomic E-state index is 0.149. The zero-order valence-electron chi connectivity index (χ0n) is 11.6. The zero-order chi connectivity index (χ0) is 13.0. The van der Waals surface area contributed by atoms with Crippen molar-refractivity contribution in [2.75, 3.05) is 13.7 Å². The summed E-state index contributed by atoms with van der Waals surface area (Å²) in [5, 5.41) is 0. The highest BCUT2D eigenvalue weighted by atomic mass is 16.5. The summed E-state index contributed by atoms with van der Waals surface area (Å²) in [6.07, 6.45) is 7.09. The Labute approximate surface area is 110 Å². The van der Waals surface area contributed by atoms with E-state index in [0.29, 0.717) is 0 Å². The highest BCUT2D eigenvalue weighted by molar-refractivity contribution is 5.27. The van der Waals surface area contributed by atoms with Crippen molar-refractivity contribution in [3.05, 3.63) is 42.0 Å². The average Bonchev–Trinajstić information content (AvgIpc) is 2.52. The van der Waals surface area contributed by atoms with Crippen LogP contribution in [0.15, 0.2) is 36.4 Å². The molecule has 1 aromatic rings. The molecule has 1 heterocycles. The van der Waals surface area contributed by atoms with Gasteiger partial charge in [-0.05, 0) is 50.9 Å². The number of methoxy groups -OCH3 is 1. The Balaban J connectivity index is 2.09. The van der Waals surface area contributed by atoms with Crippen LogP contribution >= 0.6 is 0 Å². The molecule has 0 saturated carbocycles. The van der Waals surface area contributed by atoms with Gasteiger partial charge in [0.1, 0.15) is 5.75 Å². The van der Waals surface area contributed by atoms with Crippen molar-refractivity contribution in [3.8, 4) is 5.75 Å². The van der Waals surface area contributed by atoms with Crippen molar-refractivity contribution in [1.82, 2.24) is 4.90 Å². The minimum absolute atomic E-state index is 0.149. The quantitative estimate of drug-likeness (QED) is 0.754. The van der Waals surface area contributed by atoms with Gasteiger partial charge in [-0.1, -0.05) is 24.3 Å². The van der Waals surface area contributed by atoms with Crippen LogP contribution in [0.5, 0.6) is 5.75 Å². The van der Waals surface area contributed by atoms with Gasteiger partial charge in [-0.2, -0.15) is 0 Å². The predicted molar refractivity (Wildman–Crippen MR) is 75.9 cm³/mol. The lowest BCUT2D eigenvalue weighted by Crippen LogP contribution is -2.41. The van der Waals surface area contributed by atoms with Crippen molar-refractivity contribution in [3.63, 3.8) is 0 Å². The first-order valence-corrected chi connectivity index (χ1v) is 6.67. The van der Waals surface area contributed by atoms with Crippen LogP contribution in [0.2, 0.25) is 0 Å². The van der Waals surface area contributed by atoms with Crippen LogP contribution in [-0.2, 0) is 6.54 Å². The molecule has 98 valence electrons. The molecule has 2 nitrogen and oxygen atoms in total. The highest BCUT2D eigenvalue weighted by Crippen LogP contribution is 2.24. The van der Waals surface area contributed by atoms with Crippen molar-refractivity contribution in [2.45, 2.75) is 38.8 Å². The highest BCUT2D eigenvalue weighted by Gasteiger charge is 2.24. The molecule has 0 bridgehead atoms. The molecule has 0 spiro atoms. The van der Waals surface area contributed by atoms with Gasteiger partial charge in [-0.15, -0.1) is 0 Å². The molecule has 0 N–H and O–H groups in total. The summed E-state index contributed by atoms with van der Waals surface area (Å²) < 4.78 is 5.20. The van der Waals surface area contributed by atoms with Crippen LogP contribution in [0.25, 0.3) is 0 Å². The third kappa shape index (κ3) is 3.14. The van der Waals surface area contributed by atoms with Crippen LogP contribution in [0, 0.1) is 0 Å². The first-order valence-electron chi connectivity index (χ1n) is 6.67. The summed E-state index contributed by atoms with van der Waals surface area (Å²) in [5.41, 5.74) is 1.50. The number of benzene rings is 1. The smallest absolute Gasteiger partial charge is 0.118 e. The maximum Gasteiger partial charge on any atom is 0.118 e. The lowest BCUT2D eigenvalue weighted by molar-refractivity contribution is 0.155. The van der Waals surface area contributed by atoms with E-state index < -0.39 is 0 Å². The lowest BCUT2D eigenvalue weighted by atomic mass is 10.0. The molecule has 1 aromatic carbocycles. The van der Waals surface area contributed by atoms with E-state index in [9.17, 15) is 0 Å². The summed E-state index contributed by atoms with van der Waals surface area (Å²) in [6.45, 7) is 6.74. The Kier molecular flexibility index (Phi) is 4.07. The molecule has 18 heavy (non-hydrogen) atoms. The molecule has 0 aromatic heterocycles. The maximum absolute atomic E-state index is 5.20. The zero-order valence-corrected chi connectivity index (χ0v) is 11.6. The number of rotatable bonds is 3. The third-order valence-electron chi connectivity index (χ3n) is 3.67. The number of ether oxygens (including phenoxy) is 1. The van der Waals surface area contributed by atoms with E-state index in [1.807, 2.05) is 12.1 Å². The van der Waals surface area contributed by atoms with Gasteiger partial charge in [0.2, 0.25) is 0 Å². The Morgan fingerprint density at radius 1 is 1.22 bits per heavy atom. The fraction of sp³-hybridized carbons (Fsp3) is 0.500. The molecule has 2 rings (SSSR count). The Morgan fingerprint density at radius 2 is 1.94 bits per heavy atom. The number of hydrogen-bond acceptors (Lipinski definition) is 2. The van der Waals surface area contributed by atoms with Crippen molar-refractivity contribution < 1.29 is 4.74 Å². The largest absolute Gasteiger partial charge is 0.497 e. The van der Waals surface area contributed by atoms with Crippen LogP contribution in [0.4, 0.5) is 0 Å². The Morgan fingerprint density at radius 3 is 2.61 bits per heavy atom. The fourth-order valence-electron chi connectivity index (χ4n) is 2.40. The first kappa shape index (κ1) is 13.2. The van der Waals surface area contributed by atoms with Crippen molar-refractivity contribution in [2.24, 2.45) is 0 Å². The molecule has 0 unspecified atom stereocenters. The molecule has 0 fully saturated rings. The van der Waals surface area contributed by atoms with Gasteiger partial charge in [-0.3, -0.25) is 4.90 Å². The van der Waals surface area contributed by atoms with Crippen LogP contribution in [0.1, 0.15) is 32.3 Å². The second-order valence-electron chi connectivity index (χ2n) is 5.47. The van der Waals surface area contributed by atoms with Gasteiger partial charge in [0.05, 0.1) is 7.11 Å². The molecule has 0 amide bonds. The van der Waals surface area contributed by atoms with Crippen LogP contribution < -0.4 is 4.74 Å². The molecule has 0 atom stereocenters. The van der Waals surface area contributed by atoms with Gasteiger partial charge in [0, 0.05) is 12.1 Å². The molecule has 0 aliphatic carbocycles. The summed E-state index contributed by atoms with van der Waals surface area (Å²) in [5.74, 6) is 0.925. The van der Waals surface area contributed by atoms with Crippen LogP contribution in [0.3, 0.4) is 0 Å². The fourth-order valence-corrected chi connectivity index (χ4v) is 2.40. The minimum Gasteiger partial charge on any atom is -0.497 e. The normalized spacial score (nSPS) is 19.5. The number of hydrogen-bond donors (Lipinski definition) is 0. The van der Waals surface area contributed by atoms with E-state index in [2.05, 4.69) is 43.0 Å². The van der Waals surface area contributed by atoms with Gasteiger partial charge < -0.3 is 4.74 Å². The second kappa shape index (κ2) is 5.57. The summed E-state index contributed by atoms with van der Waals surface area (Å²) in [7, 11) is 1.71. The van der Waals surface area contributed by atoms with Gasteiger partial charge >= 0.3 is 0 Å². The molecule has 1 aliphatic heterocycles. The maximum atomic E-state index is 5.20. The summed E-state index contributed by atoms with van der Waals surface area (Å²) >= 11 is 0. The Bertz CT molecular complexity index is 406. The molecule has 2 heteroatoms. The van der Waals surface area contributed by atoms with E-state index in [-0.39, 0.29) is 5.54 Å². The van der Waals surface area contributed by atoms with E-state index in [0.717, 1.165) is 18.8 Å². The number of nitrogens with zero attached hydrogens (tertiary/aromatic N) is 1. The predicted octanol–water partition coefficient (Wildman–Crippen LogP) is 3.63. The summed E-state index contributed by atoms with van der Waals surface area (Å²) in [4.78, 5) is 2.54. The van der Waals surface area contributed by atoms with E-state index in [1.165, 1.54) is 18.4 Å². The van der Waals surface area contributed by atoms with E-state index >= 15 is 0 Å². The van der Waals surface area contributed by atoms with Gasteiger partial charge in [0.25, 0.3) is 0 Å². The molecule has 0 saturated heterocycles. The standard InChI is InChI=1S/C16H23NO/c1-16(2)11-5-4-6-12-17(16)13-14-7-9-15(18-3)10-8-14/h5,7-11H,4,6,12-13H2,1-3H3. The van der Waals surface area contributed by atoms with Gasteiger partial charge in [0.15, 0.2) is 0 Å². The third-order valence-corrected chi connectivity index (χ3v) is 3.67. The average molecular weight is 245 g/mol. The first-order chi connectivity index (χ1) is 8.62. The van der Waals surface area contributed by atoms with E-state index in [1.54, 1.807) is 7.11 Å². The van der Waals surface area contributed by atoms with Crippen molar-refractivity contribution >= 4 is 0 Å². The monoisotopic (exact) mass is 245 g/mol. The number of allylic oxidation sites excluding steroid dienone is 1. The van der Waals surface area contributed by atoms with Crippen molar-refractivity contribution in [1.29, 1.82) is 0 Å². The lowest BCUT2D eigenvalue weighted by Gasteiger charge is -2.35. The molecular weight excluding hydrogens is 222 g/mol. The van der Waals surface area contributed by atoms with Crippen LogP contribution in [-0.4, -0.2) is 24.1 Å². The second-order valence-corrected chi connectivity index (χ2v) is 5.47. The molecule has 0 radical (unpaired) electrons. The summed E-state index contributed by atoms with van der Waals surface area (Å²) in [6, 6.07) is 8.39. The SMILES string of the molecule is COc1ccc(CN2CCCC=CC2(C)C)cc1. The molecular formula is C16H23NO. The van der Waals surface area contributed by atoms with Gasteiger partial charge in [-0.25, -0.2) is 0 Å². The van der Waals surface area contributed by atoms with E-state index in [4.69, 9.17) is 4.74 Å². The molecule has 1 aliphatic rings.